The van der Waals surface area contributed by atoms with Crippen LogP contribution < -0.4 is 10.5 Å². The number of hydrogen-bond acceptors (Lipinski definition) is 2. The van der Waals surface area contributed by atoms with Gasteiger partial charge in [-0.15, -0.1) is 13.2 Å². The van der Waals surface area contributed by atoms with Gasteiger partial charge in [0, 0.05) is 5.56 Å². The molecule has 8 heteroatoms. The van der Waals surface area contributed by atoms with Crippen molar-refractivity contribution in [2.75, 3.05) is 6.54 Å². The fourth-order valence-electron chi connectivity index (χ4n) is 1.05. The zero-order valence-corrected chi connectivity index (χ0v) is 8.95. The summed E-state index contributed by atoms with van der Waals surface area (Å²) in [6.45, 7) is -0.969. The highest BCUT2D eigenvalue weighted by molar-refractivity contribution is 6.32. The second-order valence-corrected chi connectivity index (χ2v) is 3.51. The van der Waals surface area contributed by atoms with E-state index in [9.17, 15) is 22.0 Å². The van der Waals surface area contributed by atoms with Crippen LogP contribution in [0.2, 0.25) is 5.02 Å². The second kappa shape index (κ2) is 4.66. The van der Waals surface area contributed by atoms with Gasteiger partial charge in [0.25, 0.3) is 5.92 Å². The fourth-order valence-corrected chi connectivity index (χ4v) is 1.27. The molecule has 0 saturated heterocycles. The molecule has 0 atom stereocenters. The summed E-state index contributed by atoms with van der Waals surface area (Å²) in [5.74, 6) is -4.09. The van der Waals surface area contributed by atoms with Gasteiger partial charge in [0.2, 0.25) is 0 Å². The van der Waals surface area contributed by atoms with Crippen LogP contribution in [0, 0.1) is 0 Å². The van der Waals surface area contributed by atoms with Gasteiger partial charge in [-0.25, -0.2) is 0 Å². The van der Waals surface area contributed by atoms with E-state index in [0.29, 0.717) is 12.1 Å². The molecule has 1 rings (SSSR count). The lowest BCUT2D eigenvalue weighted by atomic mass is 10.1. The molecule has 0 aliphatic rings. The van der Waals surface area contributed by atoms with Crippen LogP contribution in [-0.4, -0.2) is 12.9 Å². The highest BCUT2D eigenvalue weighted by Crippen LogP contribution is 2.35. The van der Waals surface area contributed by atoms with Crippen molar-refractivity contribution in [3.63, 3.8) is 0 Å². The largest absolute Gasteiger partial charge is 0.573 e. The Morgan fingerprint density at radius 3 is 2.18 bits per heavy atom. The summed E-state index contributed by atoms with van der Waals surface area (Å²) in [4.78, 5) is 0. The number of rotatable bonds is 3. The molecule has 0 unspecified atom stereocenters. The van der Waals surface area contributed by atoms with Crippen molar-refractivity contribution >= 4 is 11.6 Å². The standard InChI is InChI=1S/C9H7ClF5NO/c10-6-3-5(8(11,12)4-16)1-2-7(6)17-9(13,14)15/h1-3H,4,16H2. The summed E-state index contributed by atoms with van der Waals surface area (Å²) in [5, 5.41) is -0.562. The number of halogens is 6. The van der Waals surface area contributed by atoms with E-state index in [0.717, 1.165) is 6.07 Å². The zero-order chi connectivity index (χ0) is 13.3. The fraction of sp³-hybridized carbons (Fsp3) is 0.333. The first kappa shape index (κ1) is 14.0. The van der Waals surface area contributed by atoms with E-state index in [1.165, 1.54) is 0 Å². The van der Waals surface area contributed by atoms with Crippen LogP contribution in [0.4, 0.5) is 22.0 Å². The maximum absolute atomic E-state index is 13.1. The van der Waals surface area contributed by atoms with Crippen LogP contribution in [0.3, 0.4) is 0 Å². The lowest BCUT2D eigenvalue weighted by molar-refractivity contribution is -0.274. The van der Waals surface area contributed by atoms with Crippen molar-refractivity contribution in [1.82, 2.24) is 0 Å². The summed E-state index contributed by atoms with van der Waals surface area (Å²) in [7, 11) is 0. The molecule has 1 aromatic rings. The maximum Gasteiger partial charge on any atom is 0.573 e. The van der Waals surface area contributed by atoms with Gasteiger partial charge >= 0.3 is 6.36 Å². The molecule has 2 nitrogen and oxygen atoms in total. The maximum atomic E-state index is 13.1. The van der Waals surface area contributed by atoms with E-state index in [4.69, 9.17) is 17.3 Å². The molecule has 0 amide bonds. The van der Waals surface area contributed by atoms with Gasteiger partial charge in [-0.1, -0.05) is 11.6 Å². The van der Waals surface area contributed by atoms with E-state index < -0.39 is 35.2 Å². The molecule has 2 N–H and O–H groups in total. The predicted octanol–water partition coefficient (Wildman–Crippen LogP) is 3.29. The third-order valence-corrected chi connectivity index (χ3v) is 2.13. The van der Waals surface area contributed by atoms with Gasteiger partial charge < -0.3 is 10.5 Å². The molecule has 0 heterocycles. The van der Waals surface area contributed by atoms with Crippen molar-refractivity contribution in [2.24, 2.45) is 5.73 Å². The van der Waals surface area contributed by atoms with E-state index in [-0.39, 0.29) is 0 Å². The monoisotopic (exact) mass is 275 g/mol. The van der Waals surface area contributed by atoms with Crippen LogP contribution in [0.5, 0.6) is 5.75 Å². The highest BCUT2D eigenvalue weighted by Gasteiger charge is 2.34. The molecule has 0 aromatic heterocycles. The molecule has 17 heavy (non-hydrogen) atoms. The van der Waals surface area contributed by atoms with Crippen molar-refractivity contribution in [1.29, 1.82) is 0 Å². The quantitative estimate of drug-likeness (QED) is 0.859. The average molecular weight is 276 g/mol. The SMILES string of the molecule is NCC(F)(F)c1ccc(OC(F)(F)F)c(Cl)c1. The van der Waals surface area contributed by atoms with Gasteiger partial charge in [-0.05, 0) is 18.2 Å². The third kappa shape index (κ3) is 3.71. The number of ether oxygens (including phenoxy) is 1. The van der Waals surface area contributed by atoms with Crippen molar-refractivity contribution in [2.45, 2.75) is 12.3 Å². The number of hydrogen-bond donors (Lipinski definition) is 1. The molecule has 0 saturated carbocycles. The molecule has 0 spiro atoms. The van der Waals surface area contributed by atoms with Crippen LogP contribution in [0.25, 0.3) is 0 Å². The first-order chi connectivity index (χ1) is 7.65. The van der Waals surface area contributed by atoms with E-state index >= 15 is 0 Å². The Morgan fingerprint density at radius 2 is 1.76 bits per heavy atom. The number of alkyl halides is 5. The van der Waals surface area contributed by atoms with Gasteiger partial charge in [0.05, 0.1) is 11.6 Å². The minimum atomic E-state index is -4.93. The van der Waals surface area contributed by atoms with E-state index in [1.807, 2.05) is 0 Å². The van der Waals surface area contributed by atoms with Crippen LogP contribution in [-0.2, 0) is 5.92 Å². The van der Waals surface area contributed by atoms with E-state index in [1.54, 1.807) is 0 Å². The second-order valence-electron chi connectivity index (χ2n) is 3.10. The Balaban J connectivity index is 3.02. The summed E-state index contributed by atoms with van der Waals surface area (Å²) < 4.78 is 65.3. The van der Waals surface area contributed by atoms with Gasteiger partial charge in [0.1, 0.15) is 5.75 Å². The van der Waals surface area contributed by atoms with Crippen molar-refractivity contribution in [3.8, 4) is 5.75 Å². The molecule has 0 fully saturated rings. The Kier molecular flexibility index (Phi) is 3.83. The van der Waals surface area contributed by atoms with Crippen LogP contribution >= 0.6 is 11.6 Å². The summed E-state index contributed by atoms with van der Waals surface area (Å²) in [6.07, 6.45) is -4.93. The van der Waals surface area contributed by atoms with Crippen molar-refractivity contribution in [3.05, 3.63) is 28.8 Å². The zero-order valence-electron chi connectivity index (χ0n) is 8.19. The smallest absolute Gasteiger partial charge is 0.404 e. The molecule has 0 bridgehead atoms. The third-order valence-electron chi connectivity index (χ3n) is 1.84. The summed E-state index contributed by atoms with van der Waals surface area (Å²) >= 11 is 5.40. The average Bonchev–Trinajstić information content (AvgIpc) is 2.19. The normalized spacial score (nSPS) is 12.6. The number of benzene rings is 1. The molecule has 0 radical (unpaired) electrons. The first-order valence-corrected chi connectivity index (χ1v) is 4.67. The molecular weight excluding hydrogens is 269 g/mol. The van der Waals surface area contributed by atoms with E-state index in [2.05, 4.69) is 4.74 Å². The van der Waals surface area contributed by atoms with Crippen LogP contribution in [0.1, 0.15) is 5.56 Å². The molecule has 1 aromatic carbocycles. The topological polar surface area (TPSA) is 35.2 Å². The van der Waals surface area contributed by atoms with Crippen LogP contribution in [0.15, 0.2) is 18.2 Å². The Morgan fingerprint density at radius 1 is 1.18 bits per heavy atom. The van der Waals surface area contributed by atoms with Crippen molar-refractivity contribution < 1.29 is 26.7 Å². The number of nitrogens with two attached hydrogens (primary N) is 1. The Hall–Kier alpha value is -1.08. The summed E-state index contributed by atoms with van der Waals surface area (Å²) in [6, 6.07) is 2.18. The van der Waals surface area contributed by atoms with Gasteiger partial charge in [0.15, 0.2) is 0 Å². The molecule has 96 valence electrons. The lowest BCUT2D eigenvalue weighted by Gasteiger charge is -2.16. The Labute approximate surface area is 98.1 Å². The Bertz CT molecular complexity index is 407. The molecule has 0 aliphatic heterocycles. The molecular formula is C9H7ClF5NO. The minimum absolute atomic E-state index is 0.562. The van der Waals surface area contributed by atoms with Gasteiger partial charge in [-0.2, -0.15) is 8.78 Å². The molecule has 0 aliphatic carbocycles. The predicted molar refractivity (Wildman–Crippen MR) is 51.1 cm³/mol. The highest BCUT2D eigenvalue weighted by atomic mass is 35.5. The minimum Gasteiger partial charge on any atom is -0.404 e. The van der Waals surface area contributed by atoms with Gasteiger partial charge in [-0.3, -0.25) is 0 Å². The lowest BCUT2D eigenvalue weighted by Crippen LogP contribution is -2.25. The summed E-state index contributed by atoms with van der Waals surface area (Å²) in [5.41, 5.74) is 4.25. The first-order valence-electron chi connectivity index (χ1n) is 4.29.